The summed E-state index contributed by atoms with van der Waals surface area (Å²) >= 11 is 5.10. The van der Waals surface area contributed by atoms with E-state index in [-0.39, 0.29) is 32.3 Å². The number of tetrazole rings is 1. The monoisotopic (exact) mass is 694 g/mol. The van der Waals surface area contributed by atoms with Crippen molar-refractivity contribution in [3.63, 3.8) is 0 Å². The van der Waals surface area contributed by atoms with E-state index in [1.165, 1.54) is 65.3 Å². The van der Waals surface area contributed by atoms with Gasteiger partial charge in [0.2, 0.25) is 14.8 Å². The van der Waals surface area contributed by atoms with Crippen molar-refractivity contribution < 1.29 is 26.4 Å². The highest BCUT2D eigenvalue weighted by molar-refractivity contribution is 7.92. The number of carbonyl (C=O) groups is 2. The Hall–Kier alpha value is -5.79. The van der Waals surface area contributed by atoms with Gasteiger partial charge in [0.1, 0.15) is 0 Å². The highest BCUT2D eigenvalue weighted by atomic mass is 32.2. The molecule has 3 amide bonds. The van der Waals surface area contributed by atoms with Gasteiger partial charge in [-0.3, -0.25) is 25.1 Å². The minimum atomic E-state index is -4.06. The molecular formula is C28H26N10O6S3. The Morgan fingerprint density at radius 1 is 0.766 bits per heavy atom. The van der Waals surface area contributed by atoms with Crippen LogP contribution in [0.3, 0.4) is 0 Å². The third kappa shape index (κ3) is 8.69. The van der Waals surface area contributed by atoms with Crippen LogP contribution in [-0.4, -0.2) is 55.2 Å². The molecule has 5 rings (SSSR count). The van der Waals surface area contributed by atoms with Crippen LogP contribution in [0.15, 0.2) is 102 Å². The molecule has 1 aromatic heterocycles. The van der Waals surface area contributed by atoms with E-state index < -0.39 is 32.0 Å². The maximum absolute atomic E-state index is 13.1. The van der Waals surface area contributed by atoms with Crippen LogP contribution in [0.5, 0.6) is 0 Å². The lowest BCUT2D eigenvalue weighted by Gasteiger charge is -2.13. The third-order valence-electron chi connectivity index (χ3n) is 6.16. The van der Waals surface area contributed by atoms with E-state index in [1.54, 1.807) is 36.4 Å². The number of aromatic nitrogens is 4. The first-order valence-electron chi connectivity index (χ1n) is 13.4. The van der Waals surface area contributed by atoms with Gasteiger partial charge in [-0.25, -0.2) is 26.3 Å². The van der Waals surface area contributed by atoms with E-state index in [2.05, 4.69) is 46.5 Å². The maximum Gasteiger partial charge on any atom is 0.323 e. The lowest BCUT2D eigenvalue weighted by Crippen LogP contribution is -2.30. The second-order valence-electron chi connectivity index (χ2n) is 9.76. The number of sulfonamides is 2. The van der Waals surface area contributed by atoms with Crippen LogP contribution in [0.25, 0.3) is 5.69 Å². The smallest absolute Gasteiger partial charge is 0.308 e. The Kier molecular flexibility index (Phi) is 9.49. The predicted octanol–water partition coefficient (Wildman–Crippen LogP) is 3.90. The molecule has 19 heteroatoms. The summed E-state index contributed by atoms with van der Waals surface area (Å²) in [7, 11) is -7.66. The van der Waals surface area contributed by atoms with Crippen LogP contribution in [-0.2, 0) is 20.0 Å². The van der Waals surface area contributed by atoms with Gasteiger partial charge in [-0.15, -0.1) is 0 Å². The van der Waals surface area contributed by atoms with Gasteiger partial charge in [0.15, 0.2) is 0 Å². The summed E-state index contributed by atoms with van der Waals surface area (Å²) in [4.78, 5) is 25.2. The molecule has 0 aliphatic rings. The lowest BCUT2D eigenvalue weighted by atomic mass is 10.2. The molecule has 0 bridgehead atoms. The quantitative estimate of drug-likeness (QED) is 0.0781. The van der Waals surface area contributed by atoms with Crippen molar-refractivity contribution >= 4 is 72.6 Å². The number of urea groups is 1. The summed E-state index contributed by atoms with van der Waals surface area (Å²) in [6, 6.07) is 23.9. The lowest BCUT2D eigenvalue weighted by molar-refractivity contribution is 0.0963. The van der Waals surface area contributed by atoms with E-state index in [0.29, 0.717) is 17.1 Å². The molecule has 47 heavy (non-hydrogen) atoms. The molecule has 0 saturated carbocycles. The van der Waals surface area contributed by atoms with Crippen LogP contribution in [0.2, 0.25) is 0 Å². The van der Waals surface area contributed by atoms with Gasteiger partial charge in [-0.1, -0.05) is 34.6 Å². The normalized spacial score (nSPS) is 11.3. The summed E-state index contributed by atoms with van der Waals surface area (Å²) in [6.45, 7) is 0. The number of carbonyl (C=O) groups excluding carboxylic acids is 2. The zero-order chi connectivity index (χ0) is 33.6. The van der Waals surface area contributed by atoms with Crippen molar-refractivity contribution in [1.29, 1.82) is 0 Å². The summed E-state index contributed by atoms with van der Waals surface area (Å²) in [5.41, 5.74) is 7.27. The molecule has 1 heterocycles. The van der Waals surface area contributed by atoms with Gasteiger partial charge in [0.05, 0.1) is 33.8 Å². The predicted molar refractivity (Wildman–Crippen MR) is 179 cm³/mol. The number of rotatable bonds is 11. The fraction of sp³-hybridized carbons (Fsp3) is 0.0357. The fourth-order valence-electron chi connectivity index (χ4n) is 4.12. The number of aromatic amines is 1. The second kappa shape index (κ2) is 13.7. The van der Waals surface area contributed by atoms with Crippen molar-refractivity contribution in [3.05, 3.63) is 107 Å². The van der Waals surface area contributed by atoms with Crippen LogP contribution < -0.4 is 30.9 Å². The number of hydrogen-bond donors (Lipinski definition) is 7. The van der Waals surface area contributed by atoms with Crippen molar-refractivity contribution in [2.75, 3.05) is 31.8 Å². The minimum absolute atomic E-state index is 0.0896. The second-order valence-corrected chi connectivity index (χ2v) is 13.6. The Morgan fingerprint density at radius 2 is 1.43 bits per heavy atom. The number of benzene rings is 4. The molecule has 0 fully saturated rings. The van der Waals surface area contributed by atoms with E-state index in [1.807, 2.05) is 0 Å². The largest absolute Gasteiger partial charge is 0.323 e. The molecule has 0 aliphatic heterocycles. The molecule has 0 unspecified atom stereocenters. The summed E-state index contributed by atoms with van der Waals surface area (Å²) in [6.07, 6.45) is 0.976. The molecule has 0 atom stereocenters. The molecule has 16 nitrogen and oxygen atoms in total. The highest BCUT2D eigenvalue weighted by Gasteiger charge is 2.17. The molecule has 7 N–H and O–H groups in total. The number of nitrogens with one attached hydrogen (secondary N) is 7. The van der Waals surface area contributed by atoms with E-state index >= 15 is 0 Å². The van der Waals surface area contributed by atoms with Gasteiger partial charge >= 0.3 is 6.03 Å². The van der Waals surface area contributed by atoms with Gasteiger partial charge in [0, 0.05) is 17.1 Å². The summed E-state index contributed by atoms with van der Waals surface area (Å²) in [5.74, 6) is -0.603. The third-order valence-corrected chi connectivity index (χ3v) is 8.39. The van der Waals surface area contributed by atoms with Crippen molar-refractivity contribution in [2.24, 2.45) is 0 Å². The number of para-hydroxylation sites is 1. The number of H-pyrrole nitrogens is 1. The topological polar surface area (TPSA) is 221 Å². The van der Waals surface area contributed by atoms with E-state index in [9.17, 15) is 26.4 Å². The van der Waals surface area contributed by atoms with Gasteiger partial charge in [-0.2, -0.15) is 5.21 Å². The summed E-state index contributed by atoms with van der Waals surface area (Å²) < 4.78 is 55.9. The van der Waals surface area contributed by atoms with Gasteiger partial charge in [0.25, 0.3) is 15.9 Å². The zero-order valence-corrected chi connectivity index (χ0v) is 26.7. The summed E-state index contributed by atoms with van der Waals surface area (Å²) in [5, 5.41) is 15.3. The van der Waals surface area contributed by atoms with Crippen LogP contribution in [0.4, 0.5) is 33.2 Å². The molecule has 0 aliphatic carbocycles. The number of anilines is 5. The number of nitrogens with zero attached hydrogens (tertiary/aromatic N) is 3. The van der Waals surface area contributed by atoms with Crippen LogP contribution >= 0.6 is 12.2 Å². The van der Waals surface area contributed by atoms with Gasteiger partial charge < -0.3 is 10.6 Å². The highest BCUT2D eigenvalue weighted by Crippen LogP contribution is 2.22. The average Bonchev–Trinajstić information content (AvgIpc) is 3.46. The average molecular weight is 695 g/mol. The minimum Gasteiger partial charge on any atom is -0.308 e. The molecular weight excluding hydrogens is 669 g/mol. The first-order chi connectivity index (χ1) is 22.4. The Balaban J connectivity index is 1.18. The molecule has 0 radical (unpaired) electrons. The Morgan fingerprint density at radius 3 is 2.11 bits per heavy atom. The molecule has 242 valence electrons. The molecule has 4 aromatic carbocycles. The fourth-order valence-corrected chi connectivity index (χ4v) is 5.99. The van der Waals surface area contributed by atoms with E-state index in [0.717, 1.165) is 6.26 Å². The Bertz CT molecular complexity index is 2220. The van der Waals surface area contributed by atoms with Crippen molar-refractivity contribution in [2.45, 2.75) is 4.90 Å². The number of hydrazine groups is 1. The molecule has 5 aromatic rings. The number of amides is 3. The zero-order valence-electron chi connectivity index (χ0n) is 24.3. The first-order valence-corrected chi connectivity index (χ1v) is 17.2. The van der Waals surface area contributed by atoms with Crippen LogP contribution in [0.1, 0.15) is 10.4 Å². The molecule has 0 spiro atoms. The number of hydrogen-bond acceptors (Lipinski definition) is 10. The van der Waals surface area contributed by atoms with Crippen LogP contribution in [0, 0.1) is 4.77 Å². The SMILES string of the molecule is CS(=O)(=O)Nc1ccccc1C(=O)NNc1ccc(NS(=O)(=O)c2cccc(NC(=O)Nc3cccc(-n4[nH]nnc4=S)c3)c2)cc1. The van der Waals surface area contributed by atoms with Crippen molar-refractivity contribution in [1.82, 2.24) is 25.6 Å². The first kappa shape index (κ1) is 32.6. The van der Waals surface area contributed by atoms with E-state index in [4.69, 9.17) is 12.2 Å². The maximum atomic E-state index is 13.1. The Labute approximate surface area is 273 Å². The van der Waals surface area contributed by atoms with Gasteiger partial charge in [-0.05, 0) is 85.0 Å². The molecule has 0 saturated heterocycles. The standard InChI is InChI=1S/C28H26N10O6S3/c1-46(41,42)35-25-11-3-2-10-24(25)26(39)32-31-18-12-14-19(15-13-18)34-47(43,44)23-9-5-7-21(17-23)30-27(40)29-20-6-4-8-22(16-20)38-28(45)33-36-37-38/h2-17,31,34-35H,1H3,(H,32,39)(H2,29,30,40)(H,33,37,45). The van der Waals surface area contributed by atoms with Crippen molar-refractivity contribution in [3.8, 4) is 5.69 Å².